The van der Waals surface area contributed by atoms with E-state index in [1.165, 1.54) is 21.3 Å². The van der Waals surface area contributed by atoms with E-state index < -0.39 is 21.9 Å². The number of nitrogens with one attached hydrogen (secondary N) is 1. The van der Waals surface area contributed by atoms with Crippen molar-refractivity contribution in [2.45, 2.75) is 58.7 Å². The van der Waals surface area contributed by atoms with Crippen LogP contribution < -0.4 is 9.62 Å². The van der Waals surface area contributed by atoms with E-state index in [1.807, 2.05) is 44.2 Å². The maximum atomic E-state index is 13.8. The summed E-state index contributed by atoms with van der Waals surface area (Å²) in [6.07, 6.45) is 1.60. The van der Waals surface area contributed by atoms with Crippen molar-refractivity contribution in [2.75, 3.05) is 17.1 Å². The van der Waals surface area contributed by atoms with Crippen molar-refractivity contribution < 1.29 is 22.4 Å². The zero-order valence-corrected chi connectivity index (χ0v) is 25.4. The number of benzene rings is 3. The van der Waals surface area contributed by atoms with Crippen LogP contribution in [-0.4, -0.2) is 50.0 Å². The van der Waals surface area contributed by atoms with Gasteiger partial charge >= 0.3 is 0 Å². The van der Waals surface area contributed by atoms with Gasteiger partial charge in [0.1, 0.15) is 11.9 Å². The molecule has 3 aromatic rings. The molecule has 0 aliphatic carbocycles. The van der Waals surface area contributed by atoms with Crippen molar-refractivity contribution in [1.82, 2.24) is 10.2 Å². The zero-order valence-electron chi connectivity index (χ0n) is 23.8. The lowest BCUT2D eigenvalue weighted by atomic mass is 10.0. The Labute approximate surface area is 247 Å². The van der Waals surface area contributed by atoms with Crippen LogP contribution in [0.2, 0.25) is 5.02 Å². The molecule has 2 amide bonds. The Bertz CT molecular complexity index is 1430. The number of hydrogen-bond donors (Lipinski definition) is 1. The SMILES string of the molecule is Cc1ccc(Cl)cc1N(CCCC(=O)N(Cc1ccc(F)cc1)[C@@H](Cc1ccccc1)C(=O)NC(C)C)S(C)(=O)=O. The average molecular weight is 602 g/mol. The van der Waals surface area contributed by atoms with E-state index in [0.717, 1.165) is 17.4 Å². The van der Waals surface area contributed by atoms with Crippen molar-refractivity contribution in [2.24, 2.45) is 0 Å². The summed E-state index contributed by atoms with van der Waals surface area (Å²) in [4.78, 5) is 28.8. The average Bonchev–Trinajstić information content (AvgIpc) is 2.90. The van der Waals surface area contributed by atoms with Gasteiger partial charge in [-0.2, -0.15) is 0 Å². The summed E-state index contributed by atoms with van der Waals surface area (Å²) in [7, 11) is -3.66. The zero-order chi connectivity index (χ0) is 30.2. The minimum Gasteiger partial charge on any atom is -0.352 e. The highest BCUT2D eigenvalue weighted by Crippen LogP contribution is 2.27. The van der Waals surface area contributed by atoms with Gasteiger partial charge in [0.2, 0.25) is 21.8 Å². The summed E-state index contributed by atoms with van der Waals surface area (Å²) in [6.45, 7) is 5.63. The van der Waals surface area contributed by atoms with E-state index in [1.54, 1.807) is 37.3 Å². The number of carbonyl (C=O) groups is 2. The molecular formula is C31H37ClFN3O4S. The first kappa shape index (κ1) is 32.1. The van der Waals surface area contributed by atoms with Crippen LogP contribution in [0.1, 0.15) is 43.4 Å². The van der Waals surface area contributed by atoms with E-state index >= 15 is 0 Å². The van der Waals surface area contributed by atoms with Crippen LogP contribution in [-0.2, 0) is 32.6 Å². The summed E-state index contributed by atoms with van der Waals surface area (Å²) in [6, 6.07) is 19.3. The van der Waals surface area contributed by atoms with Crippen LogP contribution >= 0.6 is 11.6 Å². The molecule has 220 valence electrons. The van der Waals surface area contributed by atoms with Crippen LogP contribution in [0.3, 0.4) is 0 Å². The first-order valence-corrected chi connectivity index (χ1v) is 15.7. The Hall–Kier alpha value is -3.43. The number of sulfonamides is 1. The molecule has 0 bridgehead atoms. The molecule has 41 heavy (non-hydrogen) atoms. The maximum Gasteiger partial charge on any atom is 0.243 e. The third-order valence-corrected chi connectivity index (χ3v) is 7.98. The first-order valence-electron chi connectivity index (χ1n) is 13.5. The lowest BCUT2D eigenvalue weighted by Gasteiger charge is -2.32. The second-order valence-electron chi connectivity index (χ2n) is 10.4. The first-order chi connectivity index (χ1) is 19.3. The molecular weight excluding hydrogens is 565 g/mol. The Morgan fingerprint density at radius 2 is 1.63 bits per heavy atom. The van der Waals surface area contributed by atoms with Gasteiger partial charge in [0, 0.05) is 37.0 Å². The molecule has 0 unspecified atom stereocenters. The Morgan fingerprint density at radius 1 is 0.976 bits per heavy atom. The van der Waals surface area contributed by atoms with Crippen LogP contribution in [0.4, 0.5) is 10.1 Å². The lowest BCUT2D eigenvalue weighted by Crippen LogP contribution is -2.51. The number of anilines is 1. The van der Waals surface area contributed by atoms with Gasteiger partial charge < -0.3 is 10.2 Å². The van der Waals surface area contributed by atoms with Crippen molar-refractivity contribution in [1.29, 1.82) is 0 Å². The number of carbonyl (C=O) groups excluding carboxylic acids is 2. The molecule has 0 spiro atoms. The lowest BCUT2D eigenvalue weighted by molar-refractivity contribution is -0.141. The molecule has 3 rings (SSSR count). The standard InChI is InChI=1S/C31H37ClFN3O4S/c1-22(2)34-31(38)29(19-24-9-6-5-7-10-24)35(21-25-13-16-27(33)17-14-25)30(37)11-8-18-36(41(4,39)40)28-20-26(32)15-12-23(28)3/h5-7,9-10,12-17,20,22,29H,8,11,18-19,21H2,1-4H3,(H,34,38)/t29-/m0/s1. The Morgan fingerprint density at radius 3 is 2.24 bits per heavy atom. The largest absolute Gasteiger partial charge is 0.352 e. The predicted octanol–water partition coefficient (Wildman–Crippen LogP) is 5.50. The topological polar surface area (TPSA) is 86.8 Å². The number of rotatable bonds is 13. The third kappa shape index (κ3) is 9.57. The van der Waals surface area contributed by atoms with E-state index in [9.17, 15) is 22.4 Å². The van der Waals surface area contributed by atoms with E-state index in [0.29, 0.717) is 16.3 Å². The van der Waals surface area contributed by atoms with Crippen LogP contribution in [0.5, 0.6) is 0 Å². The molecule has 0 aliphatic heterocycles. The van der Waals surface area contributed by atoms with Gasteiger partial charge in [-0.1, -0.05) is 60.1 Å². The highest BCUT2D eigenvalue weighted by molar-refractivity contribution is 7.92. The molecule has 0 saturated heterocycles. The molecule has 0 heterocycles. The molecule has 0 saturated carbocycles. The Kier molecular flexibility index (Phi) is 11.3. The van der Waals surface area contributed by atoms with Crippen molar-refractivity contribution in [3.05, 3.63) is 100 Å². The van der Waals surface area contributed by atoms with Crippen molar-refractivity contribution in [3.8, 4) is 0 Å². The second kappa shape index (κ2) is 14.5. The van der Waals surface area contributed by atoms with Gasteiger partial charge in [-0.15, -0.1) is 0 Å². The maximum absolute atomic E-state index is 13.8. The smallest absolute Gasteiger partial charge is 0.243 e. The van der Waals surface area contributed by atoms with Gasteiger partial charge in [0.05, 0.1) is 11.9 Å². The fourth-order valence-electron chi connectivity index (χ4n) is 4.55. The second-order valence-corrected chi connectivity index (χ2v) is 12.7. The summed E-state index contributed by atoms with van der Waals surface area (Å²) in [5, 5.41) is 3.33. The molecule has 0 fully saturated rings. The molecule has 1 atom stereocenters. The van der Waals surface area contributed by atoms with Crippen LogP contribution in [0.15, 0.2) is 72.8 Å². The van der Waals surface area contributed by atoms with Gasteiger partial charge in [-0.05, 0) is 68.1 Å². The van der Waals surface area contributed by atoms with E-state index in [-0.39, 0.29) is 50.2 Å². The van der Waals surface area contributed by atoms with Crippen molar-refractivity contribution in [3.63, 3.8) is 0 Å². The van der Waals surface area contributed by atoms with Gasteiger partial charge in [-0.25, -0.2) is 12.8 Å². The number of halogens is 2. The summed E-state index contributed by atoms with van der Waals surface area (Å²) < 4.78 is 40.2. The monoisotopic (exact) mass is 601 g/mol. The number of nitrogens with zero attached hydrogens (tertiary/aromatic N) is 2. The molecule has 0 aromatic heterocycles. The van der Waals surface area contributed by atoms with Gasteiger partial charge in [0.25, 0.3) is 0 Å². The minimum absolute atomic E-state index is 0.00687. The van der Waals surface area contributed by atoms with Gasteiger partial charge in [0.15, 0.2) is 0 Å². The Balaban J connectivity index is 1.89. The molecule has 7 nitrogen and oxygen atoms in total. The summed E-state index contributed by atoms with van der Waals surface area (Å²) >= 11 is 6.15. The molecule has 0 aliphatic rings. The summed E-state index contributed by atoms with van der Waals surface area (Å²) in [5.41, 5.74) is 2.74. The molecule has 10 heteroatoms. The number of hydrogen-bond acceptors (Lipinski definition) is 4. The molecule has 1 N–H and O–H groups in total. The molecule has 3 aromatic carbocycles. The van der Waals surface area contributed by atoms with Crippen LogP contribution in [0.25, 0.3) is 0 Å². The van der Waals surface area contributed by atoms with Gasteiger partial charge in [-0.3, -0.25) is 13.9 Å². The highest BCUT2D eigenvalue weighted by atomic mass is 35.5. The normalized spacial score (nSPS) is 12.2. The van der Waals surface area contributed by atoms with E-state index in [4.69, 9.17) is 11.6 Å². The van der Waals surface area contributed by atoms with E-state index in [2.05, 4.69) is 5.32 Å². The van der Waals surface area contributed by atoms with Crippen molar-refractivity contribution >= 4 is 39.1 Å². The highest BCUT2D eigenvalue weighted by Gasteiger charge is 2.31. The third-order valence-electron chi connectivity index (χ3n) is 6.56. The summed E-state index contributed by atoms with van der Waals surface area (Å²) in [5.74, 6) is -1.01. The number of amides is 2. The minimum atomic E-state index is -3.66. The fraction of sp³-hybridized carbons (Fsp3) is 0.355. The predicted molar refractivity (Wildman–Crippen MR) is 162 cm³/mol. The number of aryl methyl sites for hydroxylation is 1. The molecule has 0 radical (unpaired) electrons. The quantitative estimate of drug-likeness (QED) is 0.280. The fourth-order valence-corrected chi connectivity index (χ4v) is 5.74. The van der Waals surface area contributed by atoms with Crippen LogP contribution in [0, 0.1) is 12.7 Å².